The number of anilines is 4. The topological polar surface area (TPSA) is 102 Å². The minimum absolute atomic E-state index is 0.0354. The van der Waals surface area contributed by atoms with E-state index in [1.165, 1.54) is 12.8 Å². The Kier molecular flexibility index (Phi) is 7.92. The first-order valence-corrected chi connectivity index (χ1v) is 14.9. The number of nitrogens with zero attached hydrogens (tertiary/aromatic N) is 3. The summed E-state index contributed by atoms with van der Waals surface area (Å²) in [5, 5.41) is 22.7. The molecule has 3 fully saturated rings. The molecule has 2 saturated heterocycles. The van der Waals surface area contributed by atoms with Gasteiger partial charge in [-0.05, 0) is 86.1 Å². The number of carbonyl (C=O) groups is 1. The van der Waals surface area contributed by atoms with Crippen LogP contribution in [0, 0.1) is 11.3 Å². The first-order valence-electron chi connectivity index (χ1n) is 14.9. The number of ether oxygens (including phenoxy) is 1. The highest BCUT2D eigenvalue weighted by molar-refractivity contribution is 6.11. The molecule has 0 radical (unpaired) electrons. The molecule has 0 amide bonds. The zero-order valence-electron chi connectivity index (χ0n) is 23.7. The Morgan fingerprint density at radius 3 is 2.41 bits per heavy atom. The quantitative estimate of drug-likeness (QED) is 0.258. The number of rotatable bonds is 9. The third-order valence-corrected chi connectivity index (χ3v) is 8.93. The van der Waals surface area contributed by atoms with E-state index in [9.17, 15) is 15.3 Å². The molecule has 41 heavy (non-hydrogen) atoms. The van der Waals surface area contributed by atoms with Gasteiger partial charge in [0.1, 0.15) is 5.82 Å². The van der Waals surface area contributed by atoms with Gasteiger partial charge >= 0.3 is 5.97 Å². The second-order valence-electron chi connectivity index (χ2n) is 11.5. The van der Waals surface area contributed by atoms with Gasteiger partial charge in [-0.25, -0.2) is 9.78 Å². The molecular formula is C33H39N5O3. The second-order valence-corrected chi connectivity index (χ2v) is 11.5. The number of hydrogen-bond donors (Lipinski definition) is 3. The van der Waals surface area contributed by atoms with Crippen LogP contribution in [0.1, 0.15) is 61.0 Å². The number of carboxylic acid groups (broad SMARTS) is 1. The summed E-state index contributed by atoms with van der Waals surface area (Å²) in [7, 11) is 2.12. The molecule has 6 rings (SSSR count). The fourth-order valence-electron chi connectivity index (χ4n) is 6.20. The summed E-state index contributed by atoms with van der Waals surface area (Å²) in [6.45, 7) is 3.64. The van der Waals surface area contributed by atoms with E-state index >= 15 is 0 Å². The predicted octanol–water partition coefficient (Wildman–Crippen LogP) is 6.57. The van der Waals surface area contributed by atoms with Gasteiger partial charge in [0.15, 0.2) is 5.69 Å². The molecule has 3 N–H and O–H groups in total. The molecule has 1 aliphatic carbocycles. The van der Waals surface area contributed by atoms with E-state index in [2.05, 4.69) is 51.4 Å². The fourth-order valence-corrected chi connectivity index (χ4v) is 6.20. The average molecular weight is 554 g/mol. The van der Waals surface area contributed by atoms with E-state index in [0.717, 1.165) is 86.6 Å². The van der Waals surface area contributed by atoms with Crippen molar-refractivity contribution in [2.75, 3.05) is 48.5 Å². The van der Waals surface area contributed by atoms with Crippen molar-refractivity contribution in [2.24, 2.45) is 5.92 Å². The standard InChI is InChI=1S/C33H39N5O3/c1-37(26-14-18-41-19-15-26)25-12-10-22(11-13-25)28-21-29(33(39)40)36-32(30(28)31(34)23-6-4-7-23)35-24-8-5-9-27(20-24)38-16-2-3-17-38/h5,8-13,20-21,23,26,34H,2-4,6-7,14-19H2,1H3,(H,35,36)(H,39,40). The van der Waals surface area contributed by atoms with Crippen molar-refractivity contribution in [3.05, 3.63) is 65.9 Å². The number of hydrogen-bond acceptors (Lipinski definition) is 7. The number of aromatic carboxylic acids is 1. The highest BCUT2D eigenvalue weighted by Gasteiger charge is 2.29. The van der Waals surface area contributed by atoms with Crippen molar-refractivity contribution in [1.82, 2.24) is 4.98 Å². The third kappa shape index (κ3) is 5.79. The van der Waals surface area contributed by atoms with Crippen LogP contribution < -0.4 is 15.1 Å². The Morgan fingerprint density at radius 2 is 1.76 bits per heavy atom. The van der Waals surface area contributed by atoms with E-state index in [0.29, 0.717) is 23.1 Å². The Bertz CT molecular complexity index is 1410. The molecule has 1 aromatic heterocycles. The average Bonchev–Trinajstić information content (AvgIpc) is 3.51. The second kappa shape index (κ2) is 11.9. The molecule has 214 valence electrons. The molecule has 3 heterocycles. The Labute approximate surface area is 241 Å². The first-order chi connectivity index (χ1) is 20.0. The van der Waals surface area contributed by atoms with Crippen LogP contribution in [0.5, 0.6) is 0 Å². The molecule has 8 heteroatoms. The number of pyridine rings is 1. The lowest BCUT2D eigenvalue weighted by atomic mass is 9.78. The van der Waals surface area contributed by atoms with Crippen LogP contribution in [0.3, 0.4) is 0 Å². The van der Waals surface area contributed by atoms with Crippen LogP contribution in [-0.4, -0.2) is 61.2 Å². The lowest BCUT2D eigenvalue weighted by Gasteiger charge is -2.33. The summed E-state index contributed by atoms with van der Waals surface area (Å²) >= 11 is 0. The summed E-state index contributed by atoms with van der Waals surface area (Å²) in [6, 6.07) is 18.5. The summed E-state index contributed by atoms with van der Waals surface area (Å²) < 4.78 is 5.54. The van der Waals surface area contributed by atoms with E-state index < -0.39 is 5.97 Å². The van der Waals surface area contributed by atoms with Gasteiger partial charge in [-0.15, -0.1) is 0 Å². The molecule has 0 bridgehead atoms. The van der Waals surface area contributed by atoms with Gasteiger partial charge < -0.3 is 30.4 Å². The van der Waals surface area contributed by atoms with Crippen molar-refractivity contribution >= 4 is 34.6 Å². The smallest absolute Gasteiger partial charge is 0.354 e. The maximum Gasteiger partial charge on any atom is 0.354 e. The number of nitrogens with one attached hydrogen (secondary N) is 2. The number of carboxylic acids is 1. The normalized spacial score (nSPS) is 17.7. The van der Waals surface area contributed by atoms with Crippen molar-refractivity contribution < 1.29 is 14.6 Å². The fraction of sp³-hybridized carbons (Fsp3) is 0.424. The van der Waals surface area contributed by atoms with Crippen molar-refractivity contribution in [2.45, 2.75) is 51.0 Å². The van der Waals surface area contributed by atoms with E-state index in [-0.39, 0.29) is 11.6 Å². The molecular weight excluding hydrogens is 514 g/mol. The van der Waals surface area contributed by atoms with Crippen LogP contribution in [-0.2, 0) is 4.74 Å². The monoisotopic (exact) mass is 553 g/mol. The maximum atomic E-state index is 12.3. The van der Waals surface area contributed by atoms with Crippen molar-refractivity contribution in [3.8, 4) is 11.1 Å². The van der Waals surface area contributed by atoms with Crippen molar-refractivity contribution in [3.63, 3.8) is 0 Å². The van der Waals surface area contributed by atoms with Gasteiger partial charge in [0.2, 0.25) is 0 Å². The lowest BCUT2D eigenvalue weighted by Crippen LogP contribution is -2.36. The van der Waals surface area contributed by atoms with Crippen LogP contribution in [0.15, 0.2) is 54.6 Å². The third-order valence-electron chi connectivity index (χ3n) is 8.93. The molecule has 8 nitrogen and oxygen atoms in total. The molecule has 3 aliphatic rings. The molecule has 0 spiro atoms. The van der Waals surface area contributed by atoms with Gasteiger partial charge in [-0.3, -0.25) is 0 Å². The van der Waals surface area contributed by atoms with E-state index in [1.54, 1.807) is 6.07 Å². The molecule has 0 atom stereocenters. The maximum absolute atomic E-state index is 12.3. The van der Waals surface area contributed by atoms with Gasteiger partial charge in [0, 0.05) is 73.6 Å². The summed E-state index contributed by atoms with van der Waals surface area (Å²) in [5.41, 5.74) is 5.88. The minimum Gasteiger partial charge on any atom is -0.477 e. The molecule has 3 aromatic rings. The van der Waals surface area contributed by atoms with E-state index in [4.69, 9.17) is 4.74 Å². The molecule has 1 saturated carbocycles. The van der Waals surface area contributed by atoms with Crippen LogP contribution in [0.2, 0.25) is 0 Å². The highest BCUT2D eigenvalue weighted by Crippen LogP contribution is 2.39. The van der Waals surface area contributed by atoms with Crippen LogP contribution in [0.4, 0.5) is 22.9 Å². The zero-order valence-corrected chi connectivity index (χ0v) is 23.7. The summed E-state index contributed by atoms with van der Waals surface area (Å²) in [6.07, 6.45) is 7.43. The largest absolute Gasteiger partial charge is 0.477 e. The SMILES string of the molecule is CN(c1ccc(-c2cc(C(=O)O)nc(Nc3cccc(N4CCCC4)c3)c2C(=N)C2CCC2)cc1)C1CCOCC1. The Hall–Kier alpha value is -3.91. The highest BCUT2D eigenvalue weighted by atomic mass is 16.5. The number of benzene rings is 2. The predicted molar refractivity (Wildman–Crippen MR) is 164 cm³/mol. The molecule has 2 aliphatic heterocycles. The minimum atomic E-state index is -1.09. The van der Waals surface area contributed by atoms with Gasteiger partial charge in [0.25, 0.3) is 0 Å². The Balaban J connectivity index is 1.39. The lowest BCUT2D eigenvalue weighted by molar-refractivity contribution is 0.0690. The van der Waals surface area contributed by atoms with Gasteiger partial charge in [0.05, 0.1) is 0 Å². The van der Waals surface area contributed by atoms with Crippen LogP contribution in [0.25, 0.3) is 11.1 Å². The van der Waals surface area contributed by atoms with E-state index in [1.807, 2.05) is 24.3 Å². The first kappa shape index (κ1) is 27.3. The molecule has 2 aromatic carbocycles. The number of aromatic nitrogens is 1. The van der Waals surface area contributed by atoms with Crippen molar-refractivity contribution in [1.29, 1.82) is 5.41 Å². The van der Waals surface area contributed by atoms with Gasteiger partial charge in [-0.2, -0.15) is 0 Å². The Morgan fingerprint density at radius 1 is 1.02 bits per heavy atom. The zero-order chi connectivity index (χ0) is 28.3. The molecule has 0 unspecified atom stereocenters. The summed E-state index contributed by atoms with van der Waals surface area (Å²) in [5.74, 6) is -0.502. The summed E-state index contributed by atoms with van der Waals surface area (Å²) in [4.78, 5) is 21.5. The van der Waals surface area contributed by atoms with Crippen LogP contribution >= 0.6 is 0 Å². The van der Waals surface area contributed by atoms with Gasteiger partial charge in [-0.1, -0.05) is 24.6 Å².